The van der Waals surface area contributed by atoms with Gasteiger partial charge >= 0.3 is 0 Å². The van der Waals surface area contributed by atoms with Crippen molar-refractivity contribution in [3.63, 3.8) is 0 Å². The maximum Gasteiger partial charge on any atom is 0.170 e. The summed E-state index contributed by atoms with van der Waals surface area (Å²) < 4.78 is 12.8. The summed E-state index contributed by atoms with van der Waals surface area (Å²) in [4.78, 5) is 15.6. The van der Waals surface area contributed by atoms with Crippen LogP contribution in [0.1, 0.15) is 0 Å². The van der Waals surface area contributed by atoms with Gasteiger partial charge in [-0.2, -0.15) is 0 Å². The average molecular weight is 212 g/mol. The third-order valence-corrected chi connectivity index (χ3v) is 2.36. The largest absolute Gasteiger partial charge is 0.294 e. The highest BCUT2D eigenvalue weighted by Gasteiger charge is 2.26. The summed E-state index contributed by atoms with van der Waals surface area (Å²) in [6.45, 7) is 0. The summed E-state index contributed by atoms with van der Waals surface area (Å²) in [6, 6.07) is 0. The fourth-order valence-electron chi connectivity index (χ4n) is 1.42. The lowest BCUT2D eigenvalue weighted by molar-refractivity contribution is -0.115. The molecule has 0 aromatic rings. The van der Waals surface area contributed by atoms with E-state index in [1.54, 1.807) is 0 Å². The number of ketones is 1. The van der Waals surface area contributed by atoms with E-state index in [2.05, 4.69) is 4.99 Å². The second kappa shape index (κ2) is 3.50. The minimum atomic E-state index is -0.563. The summed E-state index contributed by atoms with van der Waals surface area (Å²) in [5.74, 6) is -0.927. The first-order chi connectivity index (χ1) is 6.70. The van der Waals surface area contributed by atoms with Crippen molar-refractivity contribution in [1.29, 1.82) is 0 Å². The molecule has 4 heteroatoms. The predicted molar refractivity (Wildman–Crippen MR) is 53.1 cm³/mol. The number of hydrogen-bond donors (Lipinski definition) is 0. The number of aliphatic imine (C=N–C) groups is 1. The molecule has 2 nitrogen and oxygen atoms in total. The first-order valence-electron chi connectivity index (χ1n) is 4.15. The maximum absolute atomic E-state index is 12.8. The molecule has 1 unspecified atom stereocenters. The highest BCUT2D eigenvalue weighted by molar-refractivity contribution is 6.22. The lowest BCUT2D eigenvalue weighted by atomic mass is 9.91. The second-order valence-electron chi connectivity index (χ2n) is 3.07. The molecule has 0 amide bonds. The Balaban J connectivity index is 2.39. The van der Waals surface area contributed by atoms with Crippen molar-refractivity contribution in [2.75, 3.05) is 5.88 Å². The van der Waals surface area contributed by atoms with Gasteiger partial charge in [0.2, 0.25) is 0 Å². The molecule has 0 bridgehead atoms. The van der Waals surface area contributed by atoms with E-state index in [1.807, 2.05) is 0 Å². The van der Waals surface area contributed by atoms with Gasteiger partial charge in [0, 0.05) is 6.08 Å². The van der Waals surface area contributed by atoms with E-state index in [-0.39, 0.29) is 11.7 Å². The Kier molecular flexibility index (Phi) is 2.33. The van der Waals surface area contributed by atoms with Crippen LogP contribution in [0.5, 0.6) is 0 Å². The van der Waals surface area contributed by atoms with Crippen LogP contribution >= 0.6 is 11.6 Å². The van der Waals surface area contributed by atoms with Crippen LogP contribution in [0.25, 0.3) is 0 Å². The van der Waals surface area contributed by atoms with Gasteiger partial charge in [-0.05, 0) is 18.2 Å². The molecule has 0 N–H and O–H groups in total. The molecule has 14 heavy (non-hydrogen) atoms. The molecule has 0 saturated carbocycles. The molecular formula is C10H7ClFNO. The van der Waals surface area contributed by atoms with E-state index in [9.17, 15) is 9.18 Å². The summed E-state index contributed by atoms with van der Waals surface area (Å²) in [7, 11) is 0. The number of allylic oxidation sites excluding steroid dienone is 6. The molecule has 2 aliphatic rings. The van der Waals surface area contributed by atoms with Crippen molar-refractivity contribution >= 4 is 23.1 Å². The molecule has 0 aromatic heterocycles. The Bertz CT molecular complexity index is 406. The molecule has 1 atom stereocenters. The zero-order chi connectivity index (χ0) is 10.1. The van der Waals surface area contributed by atoms with Crippen molar-refractivity contribution in [2.45, 2.75) is 0 Å². The normalized spacial score (nSPS) is 25.1. The number of halogens is 2. The summed E-state index contributed by atoms with van der Waals surface area (Å²) in [5, 5.41) is 0. The summed E-state index contributed by atoms with van der Waals surface area (Å²) >= 11 is 5.56. The molecule has 0 fully saturated rings. The third-order valence-electron chi connectivity index (χ3n) is 2.08. The summed E-state index contributed by atoms with van der Waals surface area (Å²) in [5.41, 5.74) is 1.10. The number of carbonyl (C=O) groups excluding carboxylic acids is 1. The van der Waals surface area contributed by atoms with Crippen molar-refractivity contribution in [1.82, 2.24) is 0 Å². The predicted octanol–water partition coefficient (Wildman–Crippen LogP) is 2.17. The van der Waals surface area contributed by atoms with Gasteiger partial charge in [0.05, 0.1) is 23.2 Å². The molecule has 0 saturated heterocycles. The van der Waals surface area contributed by atoms with Crippen molar-refractivity contribution < 1.29 is 9.18 Å². The van der Waals surface area contributed by atoms with E-state index in [0.29, 0.717) is 11.4 Å². The summed E-state index contributed by atoms with van der Waals surface area (Å²) in [6.07, 6.45) is 5.43. The van der Waals surface area contributed by atoms with Crippen molar-refractivity contribution in [3.05, 3.63) is 35.8 Å². The molecule has 1 aliphatic carbocycles. The highest BCUT2D eigenvalue weighted by Crippen LogP contribution is 2.22. The molecule has 72 valence electrons. The number of nitrogens with zero attached hydrogens (tertiary/aromatic N) is 1. The van der Waals surface area contributed by atoms with Gasteiger partial charge in [-0.1, -0.05) is 0 Å². The van der Waals surface area contributed by atoms with Crippen LogP contribution in [0.2, 0.25) is 0 Å². The number of hydrogen-bond acceptors (Lipinski definition) is 2. The molecule has 1 heterocycles. The van der Waals surface area contributed by atoms with Gasteiger partial charge in [-0.25, -0.2) is 4.39 Å². The van der Waals surface area contributed by atoms with Gasteiger partial charge in [0.15, 0.2) is 5.78 Å². The number of carbonyl (C=O) groups is 1. The van der Waals surface area contributed by atoms with E-state index >= 15 is 0 Å². The fraction of sp³-hybridized carbons (Fsp3) is 0.200. The van der Waals surface area contributed by atoms with Gasteiger partial charge in [-0.15, -0.1) is 11.6 Å². The molecule has 0 radical (unpaired) electrons. The zero-order valence-electron chi connectivity index (χ0n) is 7.21. The molecule has 0 aromatic carbocycles. The second-order valence-corrected chi connectivity index (χ2v) is 3.34. The molecule has 1 aliphatic heterocycles. The fourth-order valence-corrected chi connectivity index (χ4v) is 1.56. The van der Waals surface area contributed by atoms with Gasteiger partial charge < -0.3 is 0 Å². The van der Waals surface area contributed by atoms with E-state index in [0.717, 1.165) is 0 Å². The first kappa shape index (κ1) is 9.34. The lowest BCUT2D eigenvalue weighted by Gasteiger charge is -2.18. The monoisotopic (exact) mass is 211 g/mol. The number of fused-ring (bicyclic) bond motifs is 1. The lowest BCUT2D eigenvalue weighted by Crippen LogP contribution is -2.25. The van der Waals surface area contributed by atoms with Crippen LogP contribution in [0, 0.1) is 5.92 Å². The van der Waals surface area contributed by atoms with Gasteiger partial charge in [0.1, 0.15) is 5.83 Å². The van der Waals surface area contributed by atoms with Crippen LogP contribution in [-0.4, -0.2) is 17.4 Å². The highest BCUT2D eigenvalue weighted by atomic mass is 35.5. The topological polar surface area (TPSA) is 29.4 Å². The van der Waals surface area contributed by atoms with Crippen molar-refractivity contribution in [3.8, 4) is 0 Å². The standard InChI is InChI=1S/C10H7ClFNO/c11-5-7-4-10(14)8-3-6(12)1-2-9(8)13-7/h1-4,8H,5H2. The number of rotatable bonds is 1. The van der Waals surface area contributed by atoms with Gasteiger partial charge in [0.25, 0.3) is 0 Å². The molecular weight excluding hydrogens is 205 g/mol. The Hall–Kier alpha value is -1.22. The van der Waals surface area contributed by atoms with Crippen LogP contribution in [-0.2, 0) is 4.79 Å². The van der Waals surface area contributed by atoms with E-state index in [4.69, 9.17) is 11.6 Å². The first-order valence-corrected chi connectivity index (χ1v) is 4.68. The molecule has 0 spiro atoms. The van der Waals surface area contributed by atoms with Crippen LogP contribution in [0.4, 0.5) is 4.39 Å². The Morgan fingerprint density at radius 2 is 2.29 bits per heavy atom. The number of alkyl halides is 1. The van der Waals surface area contributed by atoms with Crippen LogP contribution < -0.4 is 0 Å². The van der Waals surface area contributed by atoms with Crippen LogP contribution in [0.15, 0.2) is 40.8 Å². The third kappa shape index (κ3) is 1.55. The zero-order valence-corrected chi connectivity index (χ0v) is 7.96. The van der Waals surface area contributed by atoms with Crippen LogP contribution in [0.3, 0.4) is 0 Å². The Labute approximate surface area is 85.5 Å². The quantitative estimate of drug-likeness (QED) is 0.612. The Morgan fingerprint density at radius 3 is 3.00 bits per heavy atom. The Morgan fingerprint density at radius 1 is 1.50 bits per heavy atom. The minimum absolute atomic E-state index is 0.162. The minimum Gasteiger partial charge on any atom is -0.294 e. The molecule has 2 rings (SSSR count). The van der Waals surface area contributed by atoms with Crippen molar-refractivity contribution in [2.24, 2.45) is 10.9 Å². The van der Waals surface area contributed by atoms with E-state index < -0.39 is 11.7 Å². The average Bonchev–Trinajstić information content (AvgIpc) is 2.19. The SMILES string of the molecule is O=C1C=C(CCl)N=C2C=CC(F)=CC12. The smallest absolute Gasteiger partial charge is 0.170 e. The maximum atomic E-state index is 12.8. The van der Waals surface area contributed by atoms with E-state index in [1.165, 1.54) is 24.3 Å². The van der Waals surface area contributed by atoms with Gasteiger partial charge in [-0.3, -0.25) is 9.79 Å².